The lowest BCUT2D eigenvalue weighted by molar-refractivity contribution is -0.138. The summed E-state index contributed by atoms with van der Waals surface area (Å²) in [6.45, 7) is 0.633. The lowest BCUT2D eigenvalue weighted by Gasteiger charge is -2.17. The number of rotatable bonds is 12. The van der Waals surface area contributed by atoms with E-state index in [9.17, 15) is 45.1 Å². The van der Waals surface area contributed by atoms with Crippen LogP contribution in [-0.2, 0) is 29.8 Å². The molecule has 4 aromatic carbocycles. The van der Waals surface area contributed by atoms with Gasteiger partial charge in [-0.05, 0) is 48.6 Å². The van der Waals surface area contributed by atoms with Crippen LogP contribution in [0.1, 0.15) is 46.4 Å². The number of carbonyl (C=O) groups excluding carboxylic acids is 2. The molecule has 0 aliphatic heterocycles. The van der Waals surface area contributed by atoms with Gasteiger partial charge in [0.1, 0.15) is 20.2 Å². The molecule has 0 unspecified atom stereocenters. The standard InChI is InChI=1S/2C11H11N3O3.C10H8O6S2/c2*12-14-9-5-3-8(4-6-9)11(17)13-7-1-2-10(15)16;11-17(12,13)9-6-5-7-3-1-2-4-8(7)10(9)18(14,15)16/h2*3-6H,1-2,7H2,(H-,13,15,16,17);1-6H,(H,11,12,13)(H,14,15,16). The van der Waals surface area contributed by atoms with E-state index in [-0.39, 0.29) is 30.0 Å². The van der Waals surface area contributed by atoms with Gasteiger partial charge in [-0.1, -0.05) is 30.3 Å². The van der Waals surface area contributed by atoms with E-state index in [1.165, 1.54) is 72.8 Å². The molecule has 0 atom stereocenters. The molecular weight excluding hydrogens is 725 g/mol. The summed E-state index contributed by atoms with van der Waals surface area (Å²) in [5, 5.41) is 39.2. The van der Waals surface area contributed by atoms with Crippen LogP contribution in [0, 0.1) is 10.8 Å². The molecule has 4 aromatic rings. The molecule has 0 bridgehead atoms. The molecule has 0 aliphatic rings. The average Bonchev–Trinajstić information content (AvgIpc) is 3.11. The number of aliphatic carboxylic acids is 2. The summed E-state index contributed by atoms with van der Waals surface area (Å²) in [5.74, 6) is -2.32. The van der Waals surface area contributed by atoms with Crippen LogP contribution in [0.15, 0.2) is 94.7 Å². The summed E-state index contributed by atoms with van der Waals surface area (Å²) in [6, 6.07) is 20.1. The molecule has 4 N–H and O–H groups in total. The molecule has 0 aliphatic carbocycles. The summed E-state index contributed by atoms with van der Waals surface area (Å²) >= 11 is 0. The number of diazo groups is 2. The van der Waals surface area contributed by atoms with Gasteiger partial charge in [-0.25, -0.2) is 16.8 Å². The first-order chi connectivity index (χ1) is 24.5. The maximum Gasteiger partial charge on any atom is 0.385 e. The molecule has 0 radical (unpaired) electrons. The summed E-state index contributed by atoms with van der Waals surface area (Å²) in [5.41, 5.74) is 1.61. The first-order valence-electron chi connectivity index (χ1n) is 14.8. The number of hydrogen-bond acceptors (Lipinski definition) is 12. The van der Waals surface area contributed by atoms with Gasteiger partial charge in [-0.3, -0.25) is 19.2 Å². The minimum atomic E-state index is -5.07. The lowest BCUT2D eigenvalue weighted by Crippen LogP contribution is -2.24. The summed E-state index contributed by atoms with van der Waals surface area (Å²) in [6.07, 6.45) is 0.849. The van der Waals surface area contributed by atoms with Gasteiger partial charge in [0.05, 0.1) is 9.79 Å². The van der Waals surface area contributed by atoms with E-state index in [0.717, 1.165) is 6.07 Å². The van der Waals surface area contributed by atoms with Crippen molar-refractivity contribution in [2.24, 2.45) is 0 Å². The van der Waals surface area contributed by atoms with E-state index in [4.69, 9.17) is 21.0 Å². The summed E-state index contributed by atoms with van der Waals surface area (Å²) in [4.78, 5) is 47.5. The highest BCUT2D eigenvalue weighted by Gasteiger charge is 2.18. The number of nitrogens with one attached hydrogen (secondary N) is 2. The normalized spacial score (nSPS) is 10.5. The monoisotopic (exact) mass is 754 g/mol. The van der Waals surface area contributed by atoms with Crippen LogP contribution in [0.25, 0.3) is 20.7 Å². The van der Waals surface area contributed by atoms with Crippen molar-refractivity contribution in [2.75, 3.05) is 13.1 Å². The molecule has 0 aromatic heterocycles. The Hall–Kier alpha value is -6.32. The van der Waals surface area contributed by atoms with Crippen molar-refractivity contribution in [2.45, 2.75) is 35.5 Å². The highest BCUT2D eigenvalue weighted by molar-refractivity contribution is 7.89. The molecule has 0 spiro atoms. The van der Waals surface area contributed by atoms with E-state index >= 15 is 0 Å². The third-order valence-corrected chi connectivity index (χ3v) is 8.51. The van der Waals surface area contributed by atoms with Crippen LogP contribution in [-0.4, -0.2) is 73.0 Å². The third kappa shape index (κ3) is 13.9. The smallest absolute Gasteiger partial charge is 0.385 e. The predicted octanol–water partition coefficient (Wildman–Crippen LogP) is 4.18. The molecular formula is C32H30N6O12S2. The van der Waals surface area contributed by atoms with E-state index in [1.54, 1.807) is 6.07 Å². The number of fused-ring (bicyclic) bond motifs is 1. The zero-order chi connectivity index (χ0) is 38.9. The third-order valence-electron chi connectivity index (χ3n) is 6.56. The minimum Gasteiger partial charge on any atom is -0.744 e. The number of amides is 2. The second-order valence-electron chi connectivity index (χ2n) is 10.3. The molecule has 20 heteroatoms. The Bertz CT molecular complexity index is 2130. The Labute approximate surface area is 296 Å². The van der Waals surface area contributed by atoms with Crippen LogP contribution >= 0.6 is 0 Å². The van der Waals surface area contributed by atoms with Crippen LogP contribution in [0.2, 0.25) is 0 Å². The number of hydrogen-bond donors (Lipinski definition) is 4. The van der Waals surface area contributed by atoms with Crippen LogP contribution < -0.4 is 10.6 Å². The van der Waals surface area contributed by atoms with Crippen molar-refractivity contribution >= 4 is 66.1 Å². The van der Waals surface area contributed by atoms with Crippen LogP contribution in [0.5, 0.6) is 0 Å². The largest absolute Gasteiger partial charge is 0.744 e. The summed E-state index contributed by atoms with van der Waals surface area (Å²) in [7, 11) is -10.1. The van der Waals surface area contributed by atoms with Crippen molar-refractivity contribution in [3.63, 3.8) is 0 Å². The Balaban J connectivity index is 0.000000270. The van der Waals surface area contributed by atoms with Gasteiger partial charge >= 0.3 is 23.3 Å². The van der Waals surface area contributed by atoms with Gasteiger partial charge in [0.2, 0.25) is 10.8 Å². The van der Waals surface area contributed by atoms with Gasteiger partial charge in [0, 0.05) is 66.7 Å². The minimum absolute atomic E-state index is 0.0304. The van der Waals surface area contributed by atoms with Gasteiger partial charge < -0.3 is 30.0 Å². The number of benzene rings is 4. The predicted molar refractivity (Wildman–Crippen MR) is 181 cm³/mol. The average molecular weight is 755 g/mol. The molecule has 272 valence electrons. The Morgan fingerprint density at radius 3 is 1.40 bits per heavy atom. The number of carboxylic acid groups (broad SMARTS) is 2. The quantitative estimate of drug-likeness (QED) is 0.0896. The second-order valence-corrected chi connectivity index (χ2v) is 13.0. The molecule has 0 fully saturated rings. The fraction of sp³-hybridized carbons (Fsp3) is 0.188. The number of carboxylic acids is 2. The maximum absolute atomic E-state index is 11.5. The zero-order valence-electron chi connectivity index (χ0n) is 26.9. The van der Waals surface area contributed by atoms with E-state index in [0.29, 0.717) is 53.8 Å². The van der Waals surface area contributed by atoms with Crippen molar-refractivity contribution < 1.29 is 55.3 Å². The van der Waals surface area contributed by atoms with E-state index in [1.807, 2.05) is 0 Å². The topological polar surface area (TPSA) is 304 Å². The molecule has 4 rings (SSSR count). The lowest BCUT2D eigenvalue weighted by atomic mass is 10.1. The SMILES string of the molecule is N#[N+]c1ccc(C(=O)NCCCC(=O)O)cc1.N#[N+]c1ccc(C(=O)NCCCC(=O)O)cc1.O=S(=O)([O-])c1ccc2ccccc2c1S(=O)(=O)[O-]. The second kappa shape index (κ2) is 19.8. The Morgan fingerprint density at radius 2 is 1.04 bits per heavy atom. The van der Waals surface area contributed by atoms with Crippen LogP contribution in [0.4, 0.5) is 11.4 Å². The van der Waals surface area contributed by atoms with Crippen LogP contribution in [0.3, 0.4) is 0 Å². The van der Waals surface area contributed by atoms with Gasteiger partial charge in [0.15, 0.2) is 9.95 Å². The fourth-order valence-electron chi connectivity index (χ4n) is 4.12. The molecule has 0 saturated carbocycles. The van der Waals surface area contributed by atoms with Crippen molar-refractivity contribution in [1.29, 1.82) is 10.8 Å². The maximum atomic E-state index is 11.5. The number of nitrogens with zero attached hydrogens (tertiary/aromatic N) is 4. The molecule has 0 heterocycles. The molecule has 18 nitrogen and oxygen atoms in total. The first kappa shape index (κ1) is 41.8. The van der Waals surface area contributed by atoms with E-state index < -0.39 is 42.0 Å². The zero-order valence-corrected chi connectivity index (χ0v) is 28.5. The van der Waals surface area contributed by atoms with Gasteiger partial charge in [0.25, 0.3) is 11.8 Å². The molecule has 52 heavy (non-hydrogen) atoms. The van der Waals surface area contributed by atoms with Crippen molar-refractivity contribution in [3.05, 3.63) is 106 Å². The van der Waals surface area contributed by atoms with Gasteiger partial charge in [-0.15, -0.1) is 0 Å². The highest BCUT2D eigenvalue weighted by Crippen LogP contribution is 2.29. The Kier molecular flexibility index (Phi) is 15.9. The highest BCUT2D eigenvalue weighted by atomic mass is 32.2. The summed E-state index contributed by atoms with van der Waals surface area (Å²) < 4.78 is 66.4. The van der Waals surface area contributed by atoms with E-state index in [2.05, 4.69) is 20.6 Å². The molecule has 0 saturated heterocycles. The van der Waals surface area contributed by atoms with Gasteiger partial charge in [-0.2, -0.15) is 0 Å². The van der Waals surface area contributed by atoms with Crippen molar-refractivity contribution in [3.8, 4) is 0 Å². The molecule has 2 amide bonds. The van der Waals surface area contributed by atoms with Crippen molar-refractivity contribution in [1.82, 2.24) is 10.6 Å². The fourth-order valence-corrected chi connectivity index (χ4v) is 6.08. The first-order valence-corrected chi connectivity index (χ1v) is 17.6. The number of carbonyl (C=O) groups is 4. The Morgan fingerprint density at radius 1 is 0.615 bits per heavy atom.